The fourth-order valence-electron chi connectivity index (χ4n) is 7.92. The van der Waals surface area contributed by atoms with Crippen molar-refractivity contribution in [3.63, 3.8) is 0 Å². The summed E-state index contributed by atoms with van der Waals surface area (Å²) in [4.78, 5) is 4.92. The maximum absolute atomic E-state index is 2.48. The van der Waals surface area contributed by atoms with E-state index in [1.165, 1.54) is 66.6 Å². The maximum atomic E-state index is 2.48. The molecule has 46 heavy (non-hydrogen) atoms. The quantitative estimate of drug-likeness (QED) is 0.192. The highest BCUT2D eigenvalue weighted by atomic mass is 15.2. The van der Waals surface area contributed by atoms with Crippen LogP contribution in [-0.2, 0) is 0 Å². The SMILES string of the molecule is c1ccc(N2c3ccccc3B3c4ccccc4N(c4ccc5c6ccccc6n(-c6ccccc6)c5c4)c4cccc2c43)cc1. The van der Waals surface area contributed by atoms with E-state index in [9.17, 15) is 0 Å². The minimum Gasteiger partial charge on any atom is -0.311 e. The van der Waals surface area contributed by atoms with Gasteiger partial charge in [-0.25, -0.2) is 0 Å². The van der Waals surface area contributed by atoms with Crippen molar-refractivity contribution in [3.8, 4) is 5.69 Å². The molecule has 1 aromatic heterocycles. The van der Waals surface area contributed by atoms with Gasteiger partial charge in [-0.1, -0.05) is 103 Å². The third kappa shape index (κ3) is 3.50. The van der Waals surface area contributed by atoms with Crippen molar-refractivity contribution in [2.75, 3.05) is 9.80 Å². The molecule has 2 aliphatic rings. The minimum atomic E-state index is 0.134. The number of hydrogen-bond acceptors (Lipinski definition) is 2. The number of rotatable bonds is 3. The van der Waals surface area contributed by atoms with Gasteiger partial charge in [-0.2, -0.15) is 0 Å². The molecule has 3 heterocycles. The van der Waals surface area contributed by atoms with Gasteiger partial charge >= 0.3 is 0 Å². The Kier molecular flexibility index (Phi) is 5.37. The predicted octanol–water partition coefficient (Wildman–Crippen LogP) is 8.87. The molecule has 7 aromatic carbocycles. The minimum absolute atomic E-state index is 0.134. The molecule has 3 nitrogen and oxygen atoms in total. The van der Waals surface area contributed by atoms with Gasteiger partial charge in [-0.05, 0) is 83.1 Å². The normalized spacial score (nSPS) is 13.1. The van der Waals surface area contributed by atoms with E-state index in [0.29, 0.717) is 0 Å². The molecule has 0 unspecified atom stereocenters. The number of nitrogens with zero attached hydrogens (tertiary/aromatic N) is 3. The molecule has 0 spiro atoms. The lowest BCUT2D eigenvalue weighted by atomic mass is 9.33. The van der Waals surface area contributed by atoms with Crippen LogP contribution >= 0.6 is 0 Å². The second kappa shape index (κ2) is 9.75. The fourth-order valence-corrected chi connectivity index (χ4v) is 7.92. The van der Waals surface area contributed by atoms with Crippen LogP contribution in [0.4, 0.5) is 34.1 Å². The zero-order chi connectivity index (χ0) is 30.2. The number of aromatic nitrogens is 1. The van der Waals surface area contributed by atoms with Gasteiger partial charge < -0.3 is 14.4 Å². The molecule has 10 rings (SSSR count). The van der Waals surface area contributed by atoms with Crippen LogP contribution in [0.3, 0.4) is 0 Å². The highest BCUT2D eigenvalue weighted by Gasteiger charge is 2.42. The lowest BCUT2D eigenvalue weighted by Crippen LogP contribution is -2.61. The van der Waals surface area contributed by atoms with E-state index in [-0.39, 0.29) is 6.71 Å². The molecule has 214 valence electrons. The van der Waals surface area contributed by atoms with Crippen LogP contribution in [0.1, 0.15) is 0 Å². The Balaban J connectivity index is 1.26. The summed E-state index contributed by atoms with van der Waals surface area (Å²) < 4.78 is 2.40. The first kappa shape index (κ1) is 25.3. The Hall–Kier alpha value is -6.00. The molecule has 0 saturated heterocycles. The molecular formula is C42H28BN3. The zero-order valence-corrected chi connectivity index (χ0v) is 25.1. The topological polar surface area (TPSA) is 11.4 Å². The number of para-hydroxylation sites is 5. The van der Waals surface area contributed by atoms with Crippen LogP contribution < -0.4 is 26.2 Å². The van der Waals surface area contributed by atoms with Crippen LogP contribution in [-0.4, -0.2) is 11.3 Å². The number of hydrogen-bond donors (Lipinski definition) is 0. The third-order valence-corrected chi connectivity index (χ3v) is 9.75. The molecule has 0 saturated carbocycles. The highest BCUT2D eigenvalue weighted by molar-refractivity contribution is 7.00. The first-order valence-electron chi connectivity index (χ1n) is 15.9. The van der Waals surface area contributed by atoms with Crippen molar-refractivity contribution in [2.45, 2.75) is 0 Å². The van der Waals surface area contributed by atoms with Gasteiger partial charge in [0.2, 0.25) is 0 Å². The summed E-state index contributed by atoms with van der Waals surface area (Å²) in [6.45, 7) is 0.134. The van der Waals surface area contributed by atoms with E-state index < -0.39 is 0 Å². The molecule has 0 aliphatic carbocycles. The Morgan fingerprint density at radius 3 is 1.57 bits per heavy atom. The van der Waals surface area contributed by atoms with E-state index in [0.717, 1.165) is 11.4 Å². The van der Waals surface area contributed by atoms with E-state index in [1.807, 2.05) is 0 Å². The van der Waals surface area contributed by atoms with Crippen LogP contribution in [0.25, 0.3) is 27.5 Å². The van der Waals surface area contributed by atoms with Crippen LogP contribution in [0.2, 0.25) is 0 Å². The number of anilines is 6. The lowest BCUT2D eigenvalue weighted by Gasteiger charge is -2.44. The van der Waals surface area contributed by atoms with Gasteiger partial charge in [0.1, 0.15) is 0 Å². The Morgan fingerprint density at radius 2 is 0.870 bits per heavy atom. The van der Waals surface area contributed by atoms with Gasteiger partial charge in [-0.3, -0.25) is 0 Å². The Morgan fingerprint density at radius 1 is 0.348 bits per heavy atom. The smallest absolute Gasteiger partial charge is 0.252 e. The highest BCUT2D eigenvalue weighted by Crippen LogP contribution is 2.44. The molecule has 4 heteroatoms. The summed E-state index contributed by atoms with van der Waals surface area (Å²) in [6.07, 6.45) is 0. The van der Waals surface area contributed by atoms with E-state index in [1.54, 1.807) is 0 Å². The van der Waals surface area contributed by atoms with E-state index in [2.05, 4.69) is 184 Å². The predicted molar refractivity (Wildman–Crippen MR) is 195 cm³/mol. The average Bonchev–Trinajstić information content (AvgIpc) is 3.46. The Bertz CT molecular complexity index is 2450. The first-order chi connectivity index (χ1) is 22.9. The zero-order valence-electron chi connectivity index (χ0n) is 25.1. The summed E-state index contributed by atoms with van der Waals surface area (Å²) in [5.74, 6) is 0. The molecule has 2 aliphatic heterocycles. The molecule has 0 atom stereocenters. The van der Waals surface area contributed by atoms with E-state index >= 15 is 0 Å². The lowest BCUT2D eigenvalue weighted by molar-refractivity contribution is 1.18. The molecule has 0 bridgehead atoms. The summed E-state index contributed by atoms with van der Waals surface area (Å²) in [7, 11) is 0. The number of benzene rings is 7. The summed E-state index contributed by atoms with van der Waals surface area (Å²) in [5, 5.41) is 2.52. The van der Waals surface area contributed by atoms with E-state index in [4.69, 9.17) is 0 Å². The van der Waals surface area contributed by atoms with Crippen molar-refractivity contribution >= 4 is 79.0 Å². The molecule has 0 radical (unpaired) electrons. The van der Waals surface area contributed by atoms with Crippen molar-refractivity contribution in [2.24, 2.45) is 0 Å². The largest absolute Gasteiger partial charge is 0.311 e. The maximum Gasteiger partial charge on any atom is 0.252 e. The monoisotopic (exact) mass is 585 g/mol. The van der Waals surface area contributed by atoms with Gasteiger partial charge in [0, 0.05) is 50.6 Å². The van der Waals surface area contributed by atoms with Crippen molar-refractivity contribution in [3.05, 3.63) is 170 Å². The summed E-state index contributed by atoms with van der Waals surface area (Å²) in [6, 6.07) is 61.9. The summed E-state index contributed by atoms with van der Waals surface area (Å²) >= 11 is 0. The van der Waals surface area contributed by atoms with Crippen LogP contribution in [0, 0.1) is 0 Å². The van der Waals surface area contributed by atoms with Crippen molar-refractivity contribution in [1.82, 2.24) is 4.57 Å². The molecule has 0 fully saturated rings. The van der Waals surface area contributed by atoms with Gasteiger partial charge in [-0.15, -0.1) is 0 Å². The second-order valence-corrected chi connectivity index (χ2v) is 12.2. The summed E-state index contributed by atoms with van der Waals surface area (Å²) in [5.41, 5.74) is 14.8. The molecule has 0 amide bonds. The Labute approximate surface area is 268 Å². The molecule has 8 aromatic rings. The van der Waals surface area contributed by atoms with Gasteiger partial charge in [0.25, 0.3) is 6.71 Å². The van der Waals surface area contributed by atoms with Gasteiger partial charge in [0.15, 0.2) is 0 Å². The van der Waals surface area contributed by atoms with Crippen LogP contribution in [0.15, 0.2) is 170 Å². The van der Waals surface area contributed by atoms with Crippen LogP contribution in [0.5, 0.6) is 0 Å². The molecular weight excluding hydrogens is 557 g/mol. The molecule has 0 N–H and O–H groups in total. The standard InChI is InChI=1S/C42H28BN3/c1-3-14-29(15-4-1)44-36-21-10-7-18-32(36)33-27-26-31(28-41(33)44)46-38-23-12-9-20-35(38)43-34-19-8-11-22-37(34)45(30-16-5-2-6-17-30)39-24-13-25-40(46)42(39)43/h1-28H. The third-order valence-electron chi connectivity index (χ3n) is 9.75. The van der Waals surface area contributed by atoms with Gasteiger partial charge in [0.05, 0.1) is 11.0 Å². The first-order valence-corrected chi connectivity index (χ1v) is 15.9. The van der Waals surface area contributed by atoms with Crippen molar-refractivity contribution < 1.29 is 0 Å². The second-order valence-electron chi connectivity index (χ2n) is 12.2. The fraction of sp³-hybridized carbons (Fsp3) is 0. The average molecular weight is 586 g/mol. The number of fused-ring (bicyclic) bond motifs is 7. The van der Waals surface area contributed by atoms with Crippen molar-refractivity contribution in [1.29, 1.82) is 0 Å².